The fraction of sp³-hybridized carbons (Fsp3) is 0.250. The molecule has 0 radical (unpaired) electrons. The summed E-state index contributed by atoms with van der Waals surface area (Å²) in [4.78, 5) is -0.0741. The molecule has 1 aromatic rings. The summed E-state index contributed by atoms with van der Waals surface area (Å²) in [6, 6.07) is 7.42. The number of rotatable bonds is 2. The lowest BCUT2D eigenvalue weighted by Gasteiger charge is -1.92. The maximum Gasteiger partial charge on any atom is 0.294 e. The summed E-state index contributed by atoms with van der Waals surface area (Å²) >= 11 is 3.00. The summed E-state index contributed by atoms with van der Waals surface area (Å²) in [6.45, 7) is 0.236. The maximum absolute atomic E-state index is 10.4. The average Bonchev–Trinajstić information content (AvgIpc) is 2.18. The average molecular weight is 283 g/mol. The smallest absolute Gasteiger partial charge is 0.294 e. The van der Waals surface area contributed by atoms with Crippen LogP contribution in [0.2, 0.25) is 0 Å². The molecule has 2 N–H and O–H groups in total. The van der Waals surface area contributed by atoms with Crippen LogP contribution in [0, 0.1) is 0 Å². The van der Waals surface area contributed by atoms with E-state index in [0.717, 1.165) is 0 Å². The summed E-state index contributed by atoms with van der Waals surface area (Å²) in [6.07, 6.45) is 0. The van der Waals surface area contributed by atoms with Crippen molar-refractivity contribution in [2.24, 2.45) is 0 Å². The minimum absolute atomic E-state index is 0.0741. The van der Waals surface area contributed by atoms with Crippen LogP contribution in [-0.2, 0) is 10.1 Å². The predicted octanol–water partition coefficient (Wildman–Crippen LogP) is 1.31. The molecule has 0 saturated carbocycles. The molecule has 14 heavy (non-hydrogen) atoms. The van der Waals surface area contributed by atoms with Crippen molar-refractivity contribution in [3.05, 3.63) is 30.3 Å². The van der Waals surface area contributed by atoms with Crippen LogP contribution >= 0.6 is 15.9 Å². The Morgan fingerprint density at radius 2 is 1.64 bits per heavy atom. The van der Waals surface area contributed by atoms with Gasteiger partial charge in [0, 0.05) is 5.33 Å². The highest BCUT2D eigenvalue weighted by Gasteiger charge is 2.05. The van der Waals surface area contributed by atoms with E-state index in [1.54, 1.807) is 18.2 Å². The third kappa shape index (κ3) is 6.09. The van der Waals surface area contributed by atoms with E-state index in [4.69, 9.17) is 9.66 Å². The Bertz CT molecular complexity index is 334. The van der Waals surface area contributed by atoms with Crippen molar-refractivity contribution in [2.75, 3.05) is 11.9 Å². The molecule has 0 atom stereocenters. The van der Waals surface area contributed by atoms with Gasteiger partial charge in [0.25, 0.3) is 10.1 Å². The maximum atomic E-state index is 10.4. The number of aliphatic hydroxyl groups excluding tert-OH is 1. The Hall–Kier alpha value is -0.430. The highest BCUT2D eigenvalue weighted by molar-refractivity contribution is 9.09. The minimum Gasteiger partial charge on any atom is -0.396 e. The first kappa shape index (κ1) is 13.6. The second-order valence-corrected chi connectivity index (χ2v) is 4.42. The number of hydrogen-bond acceptors (Lipinski definition) is 3. The Morgan fingerprint density at radius 1 is 1.21 bits per heavy atom. The first-order chi connectivity index (χ1) is 6.52. The van der Waals surface area contributed by atoms with Crippen molar-refractivity contribution in [1.29, 1.82) is 0 Å². The molecule has 0 aliphatic rings. The van der Waals surface area contributed by atoms with Crippen molar-refractivity contribution < 1.29 is 18.1 Å². The van der Waals surface area contributed by atoms with Gasteiger partial charge in [0.1, 0.15) is 0 Å². The minimum atomic E-state index is -4.00. The first-order valence-electron chi connectivity index (χ1n) is 3.71. The van der Waals surface area contributed by atoms with Gasteiger partial charge in [-0.15, -0.1) is 0 Å². The Kier molecular flexibility index (Phi) is 6.73. The van der Waals surface area contributed by atoms with Crippen LogP contribution in [0.3, 0.4) is 0 Å². The van der Waals surface area contributed by atoms with E-state index in [-0.39, 0.29) is 11.5 Å². The van der Waals surface area contributed by atoms with Crippen LogP contribution in [-0.4, -0.2) is 30.0 Å². The van der Waals surface area contributed by atoms with E-state index in [2.05, 4.69) is 15.9 Å². The Morgan fingerprint density at radius 3 is 1.86 bits per heavy atom. The van der Waals surface area contributed by atoms with Gasteiger partial charge in [-0.25, -0.2) is 0 Å². The second-order valence-electron chi connectivity index (χ2n) is 2.20. The number of hydrogen-bond donors (Lipinski definition) is 2. The lowest BCUT2D eigenvalue weighted by Crippen LogP contribution is -1.96. The Labute approximate surface area is 91.5 Å². The molecule has 1 aromatic carbocycles. The molecular weight excluding hydrogens is 272 g/mol. The molecule has 1 rings (SSSR count). The van der Waals surface area contributed by atoms with E-state index in [1.807, 2.05) is 0 Å². The van der Waals surface area contributed by atoms with E-state index >= 15 is 0 Å². The van der Waals surface area contributed by atoms with Crippen molar-refractivity contribution in [1.82, 2.24) is 0 Å². The van der Waals surface area contributed by atoms with Crippen molar-refractivity contribution in [3.63, 3.8) is 0 Å². The van der Waals surface area contributed by atoms with Crippen LogP contribution < -0.4 is 0 Å². The van der Waals surface area contributed by atoms with Crippen LogP contribution in [0.4, 0.5) is 0 Å². The lowest BCUT2D eigenvalue weighted by molar-refractivity contribution is 0.324. The van der Waals surface area contributed by atoms with Crippen LogP contribution in [0.1, 0.15) is 0 Å². The van der Waals surface area contributed by atoms with Crippen molar-refractivity contribution >= 4 is 26.0 Å². The Balaban J connectivity index is 0.000000364. The van der Waals surface area contributed by atoms with E-state index in [1.165, 1.54) is 12.1 Å². The molecule has 0 aliphatic heterocycles. The molecule has 0 amide bonds. The van der Waals surface area contributed by atoms with Gasteiger partial charge in [-0.1, -0.05) is 34.1 Å². The molecule has 0 fully saturated rings. The van der Waals surface area contributed by atoms with E-state index in [9.17, 15) is 8.42 Å². The van der Waals surface area contributed by atoms with Gasteiger partial charge in [-0.3, -0.25) is 4.55 Å². The quantitative estimate of drug-likeness (QED) is 0.634. The highest BCUT2D eigenvalue weighted by Crippen LogP contribution is 2.05. The number of benzene rings is 1. The zero-order valence-corrected chi connectivity index (χ0v) is 9.70. The van der Waals surface area contributed by atoms with Gasteiger partial charge >= 0.3 is 0 Å². The highest BCUT2D eigenvalue weighted by atomic mass is 79.9. The molecule has 6 heteroatoms. The second kappa shape index (κ2) is 6.94. The van der Waals surface area contributed by atoms with Crippen LogP contribution in [0.5, 0.6) is 0 Å². The molecule has 0 heterocycles. The van der Waals surface area contributed by atoms with Crippen LogP contribution in [0.25, 0.3) is 0 Å². The largest absolute Gasteiger partial charge is 0.396 e. The lowest BCUT2D eigenvalue weighted by atomic mass is 10.4. The van der Waals surface area contributed by atoms with Gasteiger partial charge in [-0.05, 0) is 12.1 Å². The van der Waals surface area contributed by atoms with Crippen molar-refractivity contribution in [2.45, 2.75) is 4.90 Å². The number of halogens is 1. The first-order valence-corrected chi connectivity index (χ1v) is 6.28. The molecule has 0 aliphatic carbocycles. The van der Waals surface area contributed by atoms with Crippen LogP contribution in [0.15, 0.2) is 35.2 Å². The predicted molar refractivity (Wildman–Crippen MR) is 57.1 cm³/mol. The van der Waals surface area contributed by atoms with Gasteiger partial charge in [0.05, 0.1) is 11.5 Å². The summed E-state index contributed by atoms with van der Waals surface area (Å²) < 4.78 is 29.2. The summed E-state index contributed by atoms with van der Waals surface area (Å²) in [5.41, 5.74) is 0. The molecule has 0 unspecified atom stereocenters. The summed E-state index contributed by atoms with van der Waals surface area (Å²) in [5, 5.41) is 8.52. The normalized spacial score (nSPS) is 10.2. The molecular formula is C8H11BrO4S. The summed E-state index contributed by atoms with van der Waals surface area (Å²) in [5.74, 6) is 0. The van der Waals surface area contributed by atoms with Crippen molar-refractivity contribution in [3.8, 4) is 0 Å². The van der Waals surface area contributed by atoms with Gasteiger partial charge in [0.15, 0.2) is 0 Å². The SMILES string of the molecule is O=S(=O)(O)c1ccccc1.OCCBr. The third-order valence-corrected chi connectivity index (χ3v) is 2.35. The van der Waals surface area contributed by atoms with Gasteiger partial charge in [0.2, 0.25) is 0 Å². The zero-order chi connectivity index (χ0) is 11.0. The number of alkyl halides is 1. The van der Waals surface area contributed by atoms with Gasteiger partial charge < -0.3 is 5.11 Å². The fourth-order valence-electron chi connectivity index (χ4n) is 0.592. The molecule has 80 valence electrons. The molecule has 0 aromatic heterocycles. The fourth-order valence-corrected chi connectivity index (χ4v) is 1.09. The molecule has 4 nitrogen and oxygen atoms in total. The van der Waals surface area contributed by atoms with E-state index < -0.39 is 10.1 Å². The zero-order valence-electron chi connectivity index (χ0n) is 7.30. The standard InChI is InChI=1S/C6H6O3S.C2H5BrO/c7-10(8,9)6-4-2-1-3-5-6;3-1-2-4/h1-5H,(H,7,8,9);4H,1-2H2. The van der Waals surface area contributed by atoms with Gasteiger partial charge in [-0.2, -0.15) is 8.42 Å². The monoisotopic (exact) mass is 282 g/mol. The number of aliphatic hydroxyl groups is 1. The molecule has 0 bridgehead atoms. The molecule has 0 spiro atoms. The topological polar surface area (TPSA) is 74.6 Å². The molecule has 0 saturated heterocycles. The summed E-state index contributed by atoms with van der Waals surface area (Å²) in [7, 11) is -4.00. The van der Waals surface area contributed by atoms with E-state index in [0.29, 0.717) is 5.33 Å². The third-order valence-electron chi connectivity index (χ3n) is 1.13.